The van der Waals surface area contributed by atoms with Gasteiger partial charge in [-0.1, -0.05) is 11.6 Å². The van der Waals surface area contributed by atoms with Crippen LogP contribution in [0, 0.1) is 6.92 Å². The van der Waals surface area contributed by atoms with E-state index in [1.807, 2.05) is 39.0 Å². The molecule has 21 heavy (non-hydrogen) atoms. The molecule has 0 bridgehead atoms. The van der Waals surface area contributed by atoms with Crippen molar-refractivity contribution in [1.82, 2.24) is 19.9 Å². The van der Waals surface area contributed by atoms with Gasteiger partial charge in [-0.05, 0) is 32.9 Å². The first-order valence-corrected chi connectivity index (χ1v) is 6.97. The lowest BCUT2D eigenvalue weighted by molar-refractivity contribution is 0.0632. The number of likely N-dealkylation sites (N-methyl/N-ethyl adjacent to an activating group) is 1. The number of nitrogens with zero attached hydrogens (tertiary/aromatic N) is 4. The fraction of sp³-hybridized carbons (Fsp3) is 0.400. The van der Waals surface area contributed by atoms with Crippen LogP contribution in [-0.4, -0.2) is 50.1 Å². The van der Waals surface area contributed by atoms with Crippen LogP contribution in [-0.2, 0) is 0 Å². The first kappa shape index (κ1) is 15.2. The third kappa shape index (κ3) is 3.11. The Morgan fingerprint density at radius 1 is 1.38 bits per heavy atom. The molecule has 0 saturated carbocycles. The van der Waals surface area contributed by atoms with E-state index in [-0.39, 0.29) is 18.6 Å². The number of benzene rings is 1. The fourth-order valence-electron chi connectivity index (χ4n) is 2.24. The number of rotatable bonds is 5. The van der Waals surface area contributed by atoms with E-state index in [0.29, 0.717) is 17.8 Å². The molecule has 0 spiro atoms. The molecule has 0 aliphatic rings. The molecule has 1 aromatic heterocycles. The number of carbonyl (C=O) groups is 1. The van der Waals surface area contributed by atoms with Crippen molar-refractivity contribution in [3.05, 3.63) is 41.7 Å². The molecule has 6 heteroatoms. The highest BCUT2D eigenvalue weighted by atomic mass is 16.3. The highest BCUT2D eigenvalue weighted by Crippen LogP contribution is 2.18. The Labute approximate surface area is 124 Å². The van der Waals surface area contributed by atoms with Crippen LogP contribution in [0.5, 0.6) is 0 Å². The maximum absolute atomic E-state index is 12.8. The Morgan fingerprint density at radius 3 is 2.62 bits per heavy atom. The van der Waals surface area contributed by atoms with Crippen molar-refractivity contribution in [2.45, 2.75) is 26.8 Å². The third-order valence-corrected chi connectivity index (χ3v) is 3.41. The molecule has 0 saturated heterocycles. The largest absolute Gasteiger partial charge is 0.394 e. The molecule has 0 fully saturated rings. The van der Waals surface area contributed by atoms with Gasteiger partial charge < -0.3 is 10.0 Å². The Morgan fingerprint density at radius 2 is 2.05 bits per heavy atom. The zero-order chi connectivity index (χ0) is 15.4. The smallest absolute Gasteiger partial charge is 0.256 e. The summed E-state index contributed by atoms with van der Waals surface area (Å²) in [6.45, 7) is 6.11. The topological polar surface area (TPSA) is 71.2 Å². The summed E-state index contributed by atoms with van der Waals surface area (Å²) in [5.41, 5.74) is 2.16. The minimum atomic E-state index is -0.235. The minimum absolute atomic E-state index is 0.0687. The van der Waals surface area contributed by atoms with Crippen LogP contribution in [0.4, 0.5) is 0 Å². The van der Waals surface area contributed by atoms with Gasteiger partial charge in [0.25, 0.3) is 5.91 Å². The van der Waals surface area contributed by atoms with Crippen molar-refractivity contribution in [1.29, 1.82) is 0 Å². The van der Waals surface area contributed by atoms with Crippen LogP contribution in [0.2, 0.25) is 0 Å². The van der Waals surface area contributed by atoms with Crippen LogP contribution >= 0.6 is 0 Å². The average Bonchev–Trinajstić information content (AvgIpc) is 3.01. The van der Waals surface area contributed by atoms with Crippen LogP contribution in [0.15, 0.2) is 30.6 Å². The van der Waals surface area contributed by atoms with Gasteiger partial charge >= 0.3 is 0 Å². The van der Waals surface area contributed by atoms with Gasteiger partial charge in [0.1, 0.15) is 0 Å². The molecule has 0 radical (unpaired) electrons. The predicted molar refractivity (Wildman–Crippen MR) is 79.4 cm³/mol. The summed E-state index contributed by atoms with van der Waals surface area (Å²) in [7, 11) is 0. The molecule has 1 heterocycles. The van der Waals surface area contributed by atoms with Gasteiger partial charge in [-0.25, -0.2) is 0 Å². The molecule has 112 valence electrons. The zero-order valence-electron chi connectivity index (χ0n) is 12.5. The predicted octanol–water partition coefficient (Wildman–Crippen LogP) is 1.42. The normalized spacial score (nSPS) is 12.2. The van der Waals surface area contributed by atoms with Gasteiger partial charge in [0, 0.05) is 6.54 Å². The van der Waals surface area contributed by atoms with E-state index in [1.165, 1.54) is 4.80 Å². The minimum Gasteiger partial charge on any atom is -0.394 e. The Bertz CT molecular complexity index is 610. The standard InChI is InChI=1S/C15H20N4O2/c1-4-18(12(3)10-20)15(21)13-9-11(2)5-6-14(13)19-16-7-8-17-19/h5-9,12,20H,4,10H2,1-3H3. The van der Waals surface area contributed by atoms with E-state index < -0.39 is 0 Å². The zero-order valence-corrected chi connectivity index (χ0v) is 12.5. The van der Waals surface area contributed by atoms with Crippen molar-refractivity contribution < 1.29 is 9.90 Å². The average molecular weight is 288 g/mol. The molecule has 1 N–H and O–H groups in total. The number of aliphatic hydroxyl groups excluding tert-OH is 1. The van der Waals surface area contributed by atoms with Crippen molar-refractivity contribution in [3.8, 4) is 5.69 Å². The fourth-order valence-corrected chi connectivity index (χ4v) is 2.24. The second-order valence-corrected chi connectivity index (χ2v) is 4.96. The molecule has 1 unspecified atom stereocenters. The molecule has 0 aliphatic carbocycles. The molecular weight excluding hydrogens is 268 g/mol. The molecule has 1 amide bonds. The van der Waals surface area contributed by atoms with Crippen LogP contribution in [0.1, 0.15) is 29.8 Å². The van der Waals surface area contributed by atoms with Gasteiger partial charge in [-0.3, -0.25) is 4.79 Å². The SMILES string of the molecule is CCN(C(=O)c1cc(C)ccc1-n1nccn1)C(C)CO. The molecule has 2 aromatic rings. The number of amides is 1. The Hall–Kier alpha value is -2.21. The summed E-state index contributed by atoms with van der Waals surface area (Å²) >= 11 is 0. The van der Waals surface area contributed by atoms with E-state index >= 15 is 0 Å². The second-order valence-electron chi connectivity index (χ2n) is 4.96. The lowest BCUT2D eigenvalue weighted by Gasteiger charge is -2.27. The van der Waals surface area contributed by atoms with Gasteiger partial charge in [0.05, 0.1) is 36.3 Å². The first-order valence-electron chi connectivity index (χ1n) is 6.97. The summed E-state index contributed by atoms with van der Waals surface area (Å²) in [6.07, 6.45) is 3.14. The highest BCUT2D eigenvalue weighted by molar-refractivity contribution is 5.98. The highest BCUT2D eigenvalue weighted by Gasteiger charge is 2.23. The lowest BCUT2D eigenvalue weighted by Crippen LogP contribution is -2.41. The number of aromatic nitrogens is 3. The van der Waals surface area contributed by atoms with E-state index in [4.69, 9.17) is 0 Å². The molecule has 6 nitrogen and oxygen atoms in total. The summed E-state index contributed by atoms with van der Waals surface area (Å²) in [4.78, 5) is 15.9. The number of hydrogen-bond donors (Lipinski definition) is 1. The number of aliphatic hydroxyl groups is 1. The molecular formula is C15H20N4O2. The number of hydrogen-bond acceptors (Lipinski definition) is 4. The van der Waals surface area contributed by atoms with Crippen molar-refractivity contribution in [3.63, 3.8) is 0 Å². The van der Waals surface area contributed by atoms with Crippen molar-refractivity contribution in [2.75, 3.05) is 13.2 Å². The first-order chi connectivity index (χ1) is 10.1. The quantitative estimate of drug-likeness (QED) is 0.903. The van der Waals surface area contributed by atoms with Gasteiger partial charge in [0.15, 0.2) is 0 Å². The molecule has 0 aliphatic heterocycles. The van der Waals surface area contributed by atoms with Gasteiger partial charge in [-0.15, -0.1) is 0 Å². The Kier molecular flexibility index (Phi) is 4.70. The van der Waals surface area contributed by atoms with E-state index in [9.17, 15) is 9.90 Å². The summed E-state index contributed by atoms with van der Waals surface area (Å²) in [6, 6.07) is 5.34. The number of carbonyl (C=O) groups excluding carboxylic acids is 1. The van der Waals surface area contributed by atoms with Crippen molar-refractivity contribution >= 4 is 5.91 Å². The second kappa shape index (κ2) is 6.49. The van der Waals surface area contributed by atoms with Crippen LogP contribution in [0.25, 0.3) is 5.69 Å². The van der Waals surface area contributed by atoms with Crippen molar-refractivity contribution in [2.24, 2.45) is 0 Å². The monoisotopic (exact) mass is 288 g/mol. The van der Waals surface area contributed by atoms with Crippen LogP contribution in [0.3, 0.4) is 0 Å². The van der Waals surface area contributed by atoms with Crippen LogP contribution < -0.4 is 0 Å². The summed E-state index contributed by atoms with van der Waals surface area (Å²) in [5.74, 6) is -0.130. The maximum atomic E-state index is 12.8. The summed E-state index contributed by atoms with van der Waals surface area (Å²) in [5, 5.41) is 17.5. The van der Waals surface area contributed by atoms with Gasteiger partial charge in [-0.2, -0.15) is 15.0 Å². The maximum Gasteiger partial charge on any atom is 0.256 e. The number of aryl methyl sites for hydroxylation is 1. The van der Waals surface area contributed by atoms with E-state index in [1.54, 1.807) is 17.3 Å². The molecule has 1 atom stereocenters. The molecule has 1 aromatic carbocycles. The van der Waals surface area contributed by atoms with E-state index in [2.05, 4.69) is 10.2 Å². The third-order valence-electron chi connectivity index (χ3n) is 3.41. The summed E-state index contributed by atoms with van der Waals surface area (Å²) < 4.78 is 0. The van der Waals surface area contributed by atoms with E-state index in [0.717, 1.165) is 5.56 Å². The molecule has 2 rings (SSSR count). The Balaban J connectivity index is 2.47. The lowest BCUT2D eigenvalue weighted by atomic mass is 10.1. The van der Waals surface area contributed by atoms with Gasteiger partial charge in [0.2, 0.25) is 0 Å².